The zero-order valence-corrected chi connectivity index (χ0v) is 14.0. The van der Waals surface area contributed by atoms with Gasteiger partial charge in [-0.05, 0) is 25.0 Å². The van der Waals surface area contributed by atoms with Gasteiger partial charge in [0.1, 0.15) is 0 Å². The molecule has 1 aliphatic rings. The summed E-state index contributed by atoms with van der Waals surface area (Å²) in [5.41, 5.74) is 1.15. The molecule has 0 saturated carbocycles. The molecule has 0 aromatic heterocycles. The van der Waals surface area contributed by atoms with Crippen molar-refractivity contribution in [3.63, 3.8) is 0 Å². The van der Waals surface area contributed by atoms with Crippen molar-refractivity contribution in [2.75, 3.05) is 38.1 Å². The van der Waals surface area contributed by atoms with Gasteiger partial charge in [0.15, 0.2) is 0 Å². The third-order valence-corrected chi connectivity index (χ3v) is 3.91. The molecule has 24 heavy (non-hydrogen) atoms. The number of para-hydroxylation sites is 1. The first kappa shape index (κ1) is 17.8. The number of nitrogens with zero attached hydrogens (tertiary/aromatic N) is 2. The van der Waals surface area contributed by atoms with Crippen molar-refractivity contribution >= 4 is 23.5 Å². The second kappa shape index (κ2) is 8.90. The van der Waals surface area contributed by atoms with E-state index in [1.54, 1.807) is 0 Å². The maximum atomic E-state index is 11.8. The van der Waals surface area contributed by atoms with Gasteiger partial charge in [-0.1, -0.05) is 18.2 Å². The Morgan fingerprint density at radius 2 is 2.00 bits per heavy atom. The molecule has 7 heteroatoms. The monoisotopic (exact) mass is 332 g/mol. The molecular formula is C17H24N4O3. The summed E-state index contributed by atoms with van der Waals surface area (Å²) in [5, 5.41) is 5.32. The Labute approximate surface area is 142 Å². The topological polar surface area (TPSA) is 81.8 Å². The van der Waals surface area contributed by atoms with E-state index in [0.717, 1.165) is 23.6 Å². The molecule has 1 saturated heterocycles. The minimum Gasteiger partial charge on any atom is -0.375 e. The van der Waals surface area contributed by atoms with Gasteiger partial charge < -0.3 is 15.5 Å². The molecule has 0 bridgehead atoms. The molecule has 0 spiro atoms. The fourth-order valence-electron chi connectivity index (χ4n) is 2.52. The zero-order valence-electron chi connectivity index (χ0n) is 14.0. The number of carbonyl (C=O) groups is 3. The van der Waals surface area contributed by atoms with Crippen molar-refractivity contribution in [3.05, 3.63) is 30.3 Å². The molecule has 0 radical (unpaired) electrons. The van der Waals surface area contributed by atoms with Crippen LogP contribution >= 0.6 is 0 Å². The van der Waals surface area contributed by atoms with E-state index in [4.69, 9.17) is 0 Å². The number of benzene rings is 1. The van der Waals surface area contributed by atoms with Crippen molar-refractivity contribution in [2.24, 2.45) is 0 Å². The van der Waals surface area contributed by atoms with E-state index in [1.807, 2.05) is 37.4 Å². The van der Waals surface area contributed by atoms with Crippen LogP contribution < -0.4 is 15.5 Å². The molecular weight excluding hydrogens is 308 g/mol. The minimum absolute atomic E-state index is 0.0515. The van der Waals surface area contributed by atoms with E-state index in [-0.39, 0.29) is 30.9 Å². The summed E-state index contributed by atoms with van der Waals surface area (Å²) in [6.07, 6.45) is 1.64. The predicted octanol–water partition coefficient (Wildman–Crippen LogP) is 0.961. The number of urea groups is 1. The van der Waals surface area contributed by atoms with E-state index in [0.29, 0.717) is 19.4 Å². The van der Waals surface area contributed by atoms with Gasteiger partial charge in [0, 0.05) is 38.8 Å². The van der Waals surface area contributed by atoms with Crippen molar-refractivity contribution in [1.82, 2.24) is 15.5 Å². The van der Waals surface area contributed by atoms with Crippen LogP contribution in [0.1, 0.15) is 19.3 Å². The van der Waals surface area contributed by atoms with Gasteiger partial charge in [-0.3, -0.25) is 14.5 Å². The summed E-state index contributed by atoms with van der Waals surface area (Å²) >= 11 is 0. The lowest BCUT2D eigenvalue weighted by Gasteiger charge is -2.19. The number of anilines is 1. The average molecular weight is 332 g/mol. The Hall–Kier alpha value is -2.57. The average Bonchev–Trinajstić information content (AvgIpc) is 2.91. The highest BCUT2D eigenvalue weighted by atomic mass is 16.2. The maximum Gasteiger partial charge on any atom is 0.324 e. The van der Waals surface area contributed by atoms with Crippen LogP contribution in [0.25, 0.3) is 0 Å². The third-order valence-electron chi connectivity index (χ3n) is 3.91. The lowest BCUT2D eigenvalue weighted by molar-refractivity contribution is -0.126. The smallest absolute Gasteiger partial charge is 0.324 e. The summed E-state index contributed by atoms with van der Waals surface area (Å²) in [4.78, 5) is 37.8. The first-order valence-electron chi connectivity index (χ1n) is 8.19. The fraction of sp³-hybridized carbons (Fsp3) is 0.471. The highest BCUT2D eigenvalue weighted by molar-refractivity contribution is 6.01. The first-order valence-corrected chi connectivity index (χ1v) is 8.19. The lowest BCUT2D eigenvalue weighted by atomic mass is 10.2. The summed E-state index contributed by atoms with van der Waals surface area (Å²) < 4.78 is 0. The Bertz CT molecular complexity index is 560. The summed E-state index contributed by atoms with van der Waals surface area (Å²) in [5.74, 6) is -0.284. The number of amides is 4. The van der Waals surface area contributed by atoms with E-state index in [1.165, 1.54) is 0 Å². The van der Waals surface area contributed by atoms with E-state index < -0.39 is 0 Å². The van der Waals surface area contributed by atoms with Gasteiger partial charge in [0.2, 0.25) is 11.8 Å². The molecule has 2 rings (SSSR count). The standard InChI is InChI=1S/C17H24N4O3/c1-20(14-7-3-2-4-8-14)11-6-10-18-15(22)9-5-12-21-16(23)13-19-17(21)24/h2-4,7-8H,5-6,9-13H2,1H3,(H,18,22)(H,19,24). The molecule has 7 nitrogen and oxygen atoms in total. The van der Waals surface area contributed by atoms with Crippen LogP contribution in [0.5, 0.6) is 0 Å². The van der Waals surface area contributed by atoms with Crippen molar-refractivity contribution < 1.29 is 14.4 Å². The fourth-order valence-corrected chi connectivity index (χ4v) is 2.52. The molecule has 1 fully saturated rings. The van der Waals surface area contributed by atoms with E-state index in [2.05, 4.69) is 15.5 Å². The summed E-state index contributed by atoms with van der Waals surface area (Å²) in [6, 6.07) is 9.71. The second-order valence-electron chi connectivity index (χ2n) is 5.77. The molecule has 0 atom stereocenters. The molecule has 130 valence electrons. The van der Waals surface area contributed by atoms with Gasteiger partial charge in [-0.2, -0.15) is 0 Å². The van der Waals surface area contributed by atoms with Crippen LogP contribution in [0.2, 0.25) is 0 Å². The van der Waals surface area contributed by atoms with Crippen molar-refractivity contribution in [2.45, 2.75) is 19.3 Å². The quantitative estimate of drug-likeness (QED) is 0.521. The number of imide groups is 1. The first-order chi connectivity index (χ1) is 11.6. The summed E-state index contributed by atoms with van der Waals surface area (Å²) in [6.45, 7) is 1.81. The number of hydrogen-bond acceptors (Lipinski definition) is 4. The Morgan fingerprint density at radius 1 is 1.25 bits per heavy atom. The zero-order chi connectivity index (χ0) is 17.4. The highest BCUT2D eigenvalue weighted by Crippen LogP contribution is 2.10. The molecule has 1 aromatic rings. The van der Waals surface area contributed by atoms with Gasteiger partial charge in [0.05, 0.1) is 6.54 Å². The molecule has 4 amide bonds. The molecule has 1 heterocycles. The Morgan fingerprint density at radius 3 is 2.67 bits per heavy atom. The van der Waals surface area contributed by atoms with E-state index >= 15 is 0 Å². The van der Waals surface area contributed by atoms with Crippen LogP contribution in [-0.4, -0.2) is 56.0 Å². The molecule has 2 N–H and O–H groups in total. The van der Waals surface area contributed by atoms with Crippen LogP contribution in [0.3, 0.4) is 0 Å². The minimum atomic E-state index is -0.371. The van der Waals surface area contributed by atoms with Gasteiger partial charge in [0.25, 0.3) is 0 Å². The Balaban J connectivity index is 1.55. The number of nitrogens with one attached hydrogen (secondary N) is 2. The SMILES string of the molecule is CN(CCCNC(=O)CCCN1C(=O)CNC1=O)c1ccccc1. The third kappa shape index (κ3) is 5.26. The van der Waals surface area contributed by atoms with Crippen LogP contribution in [0.4, 0.5) is 10.5 Å². The van der Waals surface area contributed by atoms with Gasteiger partial charge in [-0.25, -0.2) is 4.79 Å². The maximum absolute atomic E-state index is 11.8. The molecule has 0 aliphatic carbocycles. The predicted molar refractivity (Wildman–Crippen MR) is 91.7 cm³/mol. The van der Waals surface area contributed by atoms with Crippen LogP contribution in [0.15, 0.2) is 30.3 Å². The lowest BCUT2D eigenvalue weighted by Crippen LogP contribution is -2.33. The van der Waals surface area contributed by atoms with Crippen molar-refractivity contribution in [3.8, 4) is 0 Å². The Kier molecular flexibility index (Phi) is 6.60. The van der Waals surface area contributed by atoms with Crippen LogP contribution in [0, 0.1) is 0 Å². The largest absolute Gasteiger partial charge is 0.375 e. The number of hydrogen-bond donors (Lipinski definition) is 2. The van der Waals surface area contributed by atoms with Gasteiger partial charge in [-0.15, -0.1) is 0 Å². The number of rotatable bonds is 9. The highest BCUT2D eigenvalue weighted by Gasteiger charge is 2.27. The summed E-state index contributed by atoms with van der Waals surface area (Å²) in [7, 11) is 2.02. The number of carbonyl (C=O) groups excluding carboxylic acids is 3. The van der Waals surface area contributed by atoms with Crippen LogP contribution in [-0.2, 0) is 9.59 Å². The molecule has 1 aromatic carbocycles. The van der Waals surface area contributed by atoms with E-state index in [9.17, 15) is 14.4 Å². The van der Waals surface area contributed by atoms with Gasteiger partial charge >= 0.3 is 6.03 Å². The molecule has 0 unspecified atom stereocenters. The van der Waals surface area contributed by atoms with Crippen molar-refractivity contribution in [1.29, 1.82) is 0 Å². The second-order valence-corrected chi connectivity index (χ2v) is 5.77. The normalized spacial score (nSPS) is 13.8. The molecule has 1 aliphatic heterocycles.